The van der Waals surface area contributed by atoms with Crippen molar-refractivity contribution in [2.24, 2.45) is 5.73 Å². The zero-order chi connectivity index (χ0) is 45.0. The van der Waals surface area contributed by atoms with Gasteiger partial charge in [0, 0.05) is 19.4 Å². The van der Waals surface area contributed by atoms with E-state index >= 15 is 0 Å². The number of epoxide rings is 1. The van der Waals surface area contributed by atoms with Gasteiger partial charge in [0.05, 0.1) is 25.4 Å². The number of phosphoric ester groups is 1. The topological polar surface area (TPSA) is 147 Å². The minimum absolute atomic E-state index is 0.0392. The number of allylic oxidation sites excluding steroid dienone is 10. The molecule has 0 spiro atoms. The molecule has 0 aromatic rings. The molecule has 11 heteroatoms. The minimum atomic E-state index is -4.40. The molecule has 10 nitrogen and oxygen atoms in total. The van der Waals surface area contributed by atoms with E-state index in [1.54, 1.807) is 0 Å². The first kappa shape index (κ1) is 57.4. The van der Waals surface area contributed by atoms with E-state index in [0.29, 0.717) is 25.0 Å². The van der Waals surface area contributed by atoms with Crippen LogP contribution in [0.2, 0.25) is 0 Å². The molecule has 3 unspecified atom stereocenters. The first-order valence-corrected chi connectivity index (χ1v) is 26.0. The second-order valence-electron chi connectivity index (χ2n) is 16.3. The van der Waals surface area contributed by atoms with Crippen molar-refractivity contribution in [1.29, 1.82) is 0 Å². The van der Waals surface area contributed by atoms with Gasteiger partial charge in [0.25, 0.3) is 0 Å². The zero-order valence-electron chi connectivity index (χ0n) is 39.0. The van der Waals surface area contributed by atoms with E-state index in [2.05, 4.69) is 74.6 Å². The van der Waals surface area contributed by atoms with Gasteiger partial charge in [0.15, 0.2) is 6.10 Å². The van der Waals surface area contributed by atoms with Crippen LogP contribution < -0.4 is 5.73 Å². The number of carbonyl (C=O) groups is 2. The summed E-state index contributed by atoms with van der Waals surface area (Å²) in [5.74, 6) is -0.932. The Morgan fingerprint density at radius 3 is 1.61 bits per heavy atom. The average Bonchev–Trinajstić information content (AvgIpc) is 4.02. The molecule has 0 aromatic carbocycles. The van der Waals surface area contributed by atoms with Gasteiger partial charge < -0.3 is 24.8 Å². The van der Waals surface area contributed by atoms with E-state index in [1.807, 2.05) is 12.2 Å². The Bertz CT molecular complexity index is 1310. The van der Waals surface area contributed by atoms with Crippen molar-refractivity contribution in [3.05, 3.63) is 72.9 Å². The molecule has 4 atom stereocenters. The molecule has 1 fully saturated rings. The van der Waals surface area contributed by atoms with Gasteiger partial charge in [-0.15, -0.1) is 0 Å². The maximum absolute atomic E-state index is 12.6. The fourth-order valence-electron chi connectivity index (χ4n) is 6.76. The van der Waals surface area contributed by atoms with Crippen LogP contribution in [0.1, 0.15) is 194 Å². The fraction of sp³-hybridized carbons (Fsp3) is 0.725. The van der Waals surface area contributed by atoms with Gasteiger partial charge in [0.1, 0.15) is 6.61 Å². The Labute approximate surface area is 377 Å². The van der Waals surface area contributed by atoms with Gasteiger partial charge in [-0.05, 0) is 77.0 Å². The number of hydrogen-bond donors (Lipinski definition) is 2. The molecule has 356 valence electrons. The van der Waals surface area contributed by atoms with Crippen LogP contribution in [-0.2, 0) is 37.4 Å². The normalized spacial score (nSPS) is 17.1. The molecule has 1 heterocycles. The number of carbonyl (C=O) groups excluding carboxylic acids is 2. The second-order valence-corrected chi connectivity index (χ2v) is 17.8. The Morgan fingerprint density at radius 2 is 1.06 bits per heavy atom. The lowest BCUT2D eigenvalue weighted by atomic mass is 10.0. The van der Waals surface area contributed by atoms with E-state index in [4.69, 9.17) is 29.0 Å². The van der Waals surface area contributed by atoms with Crippen LogP contribution in [0.15, 0.2) is 72.9 Å². The Morgan fingerprint density at radius 1 is 0.581 bits per heavy atom. The van der Waals surface area contributed by atoms with Crippen molar-refractivity contribution in [2.45, 2.75) is 212 Å². The molecule has 62 heavy (non-hydrogen) atoms. The number of ether oxygens (including phenoxy) is 3. The molecule has 0 aliphatic carbocycles. The first-order chi connectivity index (χ1) is 30.3. The van der Waals surface area contributed by atoms with E-state index < -0.39 is 32.5 Å². The highest BCUT2D eigenvalue weighted by atomic mass is 31.2. The number of rotatable bonds is 44. The molecule has 0 bridgehead atoms. The second kappa shape index (κ2) is 42.4. The summed E-state index contributed by atoms with van der Waals surface area (Å²) in [5.41, 5.74) is 5.36. The molecular weight excluding hydrogens is 802 g/mol. The van der Waals surface area contributed by atoms with Gasteiger partial charge >= 0.3 is 19.8 Å². The predicted molar refractivity (Wildman–Crippen MR) is 256 cm³/mol. The monoisotopic (exact) mass is 890 g/mol. The number of hydrogen-bond acceptors (Lipinski definition) is 9. The van der Waals surface area contributed by atoms with Crippen LogP contribution in [0.25, 0.3) is 0 Å². The van der Waals surface area contributed by atoms with Crippen LogP contribution >= 0.6 is 7.82 Å². The highest BCUT2D eigenvalue weighted by molar-refractivity contribution is 7.47. The van der Waals surface area contributed by atoms with Crippen LogP contribution in [0.5, 0.6) is 0 Å². The first-order valence-electron chi connectivity index (χ1n) is 24.5. The smallest absolute Gasteiger partial charge is 0.462 e. The summed E-state index contributed by atoms with van der Waals surface area (Å²) in [6.07, 6.45) is 55.6. The summed E-state index contributed by atoms with van der Waals surface area (Å²) in [6, 6.07) is 0. The summed E-state index contributed by atoms with van der Waals surface area (Å²) < 4.78 is 38.5. The predicted octanol–water partition coefficient (Wildman–Crippen LogP) is 13.6. The third-order valence-corrected chi connectivity index (χ3v) is 11.5. The fourth-order valence-corrected chi connectivity index (χ4v) is 7.52. The number of unbranched alkanes of at least 4 members (excludes halogenated alkanes) is 17. The summed E-state index contributed by atoms with van der Waals surface area (Å²) >= 11 is 0. The van der Waals surface area contributed by atoms with Crippen molar-refractivity contribution in [3.8, 4) is 0 Å². The molecule has 1 aliphatic rings. The van der Waals surface area contributed by atoms with Crippen LogP contribution in [0.3, 0.4) is 0 Å². The van der Waals surface area contributed by atoms with Crippen LogP contribution in [-0.4, -0.2) is 61.5 Å². The van der Waals surface area contributed by atoms with Crippen molar-refractivity contribution in [3.63, 3.8) is 0 Å². The number of nitrogens with two attached hydrogens (primary N) is 1. The Balaban J connectivity index is 2.17. The van der Waals surface area contributed by atoms with Crippen LogP contribution in [0.4, 0.5) is 0 Å². The largest absolute Gasteiger partial charge is 0.472 e. The maximum atomic E-state index is 12.6. The lowest BCUT2D eigenvalue weighted by Crippen LogP contribution is -2.29. The summed E-state index contributed by atoms with van der Waals surface area (Å²) in [6.45, 7) is 3.53. The quantitative estimate of drug-likeness (QED) is 0.0199. The average molecular weight is 890 g/mol. The highest BCUT2D eigenvalue weighted by Crippen LogP contribution is 2.43. The Kier molecular flexibility index (Phi) is 39.2. The van der Waals surface area contributed by atoms with Gasteiger partial charge in [-0.3, -0.25) is 18.6 Å². The van der Waals surface area contributed by atoms with Gasteiger partial charge in [0.2, 0.25) is 0 Å². The summed E-state index contributed by atoms with van der Waals surface area (Å²) in [7, 11) is -4.40. The summed E-state index contributed by atoms with van der Waals surface area (Å²) in [4.78, 5) is 35.0. The van der Waals surface area contributed by atoms with E-state index in [9.17, 15) is 19.0 Å². The molecule has 0 saturated carbocycles. The van der Waals surface area contributed by atoms with Crippen molar-refractivity contribution in [1.82, 2.24) is 0 Å². The third kappa shape index (κ3) is 39.0. The van der Waals surface area contributed by atoms with Gasteiger partial charge in [-0.25, -0.2) is 4.57 Å². The molecule has 1 aliphatic heterocycles. The highest BCUT2D eigenvalue weighted by Gasteiger charge is 2.36. The van der Waals surface area contributed by atoms with E-state index in [1.165, 1.54) is 96.3 Å². The van der Waals surface area contributed by atoms with Crippen molar-refractivity contribution >= 4 is 19.8 Å². The number of phosphoric acid groups is 1. The van der Waals surface area contributed by atoms with Crippen molar-refractivity contribution < 1.29 is 42.3 Å². The third-order valence-electron chi connectivity index (χ3n) is 10.5. The van der Waals surface area contributed by atoms with Crippen molar-refractivity contribution in [2.75, 3.05) is 26.4 Å². The van der Waals surface area contributed by atoms with Gasteiger partial charge in [-0.2, -0.15) is 0 Å². The van der Waals surface area contributed by atoms with Crippen LogP contribution in [0, 0.1) is 0 Å². The van der Waals surface area contributed by atoms with Gasteiger partial charge in [-0.1, -0.05) is 177 Å². The SMILES string of the molecule is CC/C=C\CC1OC1C/C=C\C/C=C\C/C=C\C/C=C\CCC(=O)OC[C@H](COP(=O)(O)OCCN)OC(=O)CCCCCCCCCCCCC/C=C\CCCCCCCC. The van der Waals surface area contributed by atoms with E-state index in [-0.39, 0.29) is 32.6 Å². The van der Waals surface area contributed by atoms with E-state index in [0.717, 1.165) is 57.8 Å². The molecule has 0 aromatic heterocycles. The number of esters is 2. The molecule has 3 N–H and O–H groups in total. The maximum Gasteiger partial charge on any atom is 0.472 e. The minimum Gasteiger partial charge on any atom is -0.462 e. The standard InChI is InChI=1S/C51H88NO9P/c1-3-5-7-8-9-10-11-12-13-14-15-16-17-18-19-20-25-28-31-34-38-42-51(54)60-47(46-59-62(55,56)58-44-43-52)45-57-50(53)41-37-33-30-27-24-22-21-23-26-29-32-36-40-49-48(61-49)39-35-6-4-2/h6,12-13,22-24,26,30,32-33,35-36,47-49H,3-5,7-11,14-21,25,27-29,31,34,37-46,52H2,1-2H3,(H,55,56)/b13-12-,24-22-,26-23-,33-30-,35-6-,36-32-/t47-,48?,49?/m1/s1. The lowest BCUT2D eigenvalue weighted by molar-refractivity contribution is -0.161. The molecule has 1 saturated heterocycles. The summed E-state index contributed by atoms with van der Waals surface area (Å²) in [5, 5.41) is 0. The molecule has 0 amide bonds. The Hall–Kier alpha value is -2.59. The molecule has 1 rings (SSSR count). The molecule has 0 radical (unpaired) electrons. The zero-order valence-corrected chi connectivity index (χ0v) is 39.9. The lowest BCUT2D eigenvalue weighted by Gasteiger charge is -2.19. The molecular formula is C51H88NO9P.